The number of carbonyl (C=O) groups is 1. The van der Waals surface area contributed by atoms with E-state index in [-0.39, 0.29) is 6.04 Å². The van der Waals surface area contributed by atoms with Crippen molar-refractivity contribution in [3.63, 3.8) is 0 Å². The average molecular weight is 263 g/mol. The van der Waals surface area contributed by atoms with Gasteiger partial charge >= 0.3 is 5.97 Å². The van der Waals surface area contributed by atoms with E-state index < -0.39 is 12.0 Å². The summed E-state index contributed by atoms with van der Waals surface area (Å²) in [4.78, 5) is 11.1. The van der Waals surface area contributed by atoms with E-state index in [1.807, 2.05) is 17.8 Å². The lowest BCUT2D eigenvalue weighted by atomic mass is 9.80. The minimum absolute atomic E-state index is 0.192. The minimum Gasteiger partial charge on any atom is -0.480 e. The minimum atomic E-state index is -0.739. The van der Waals surface area contributed by atoms with Crippen LogP contribution in [0.5, 0.6) is 0 Å². The van der Waals surface area contributed by atoms with E-state index >= 15 is 0 Å². The first kappa shape index (κ1) is 12.1. The van der Waals surface area contributed by atoms with Gasteiger partial charge in [-0.25, -0.2) is 0 Å². The van der Waals surface area contributed by atoms with Crippen molar-refractivity contribution >= 4 is 17.7 Å². The summed E-state index contributed by atoms with van der Waals surface area (Å²) in [5, 5.41) is 13.0. The second-order valence-electron chi connectivity index (χ2n) is 5.17. The molecule has 0 radical (unpaired) electrons. The van der Waals surface area contributed by atoms with E-state index in [4.69, 9.17) is 5.11 Å². The van der Waals surface area contributed by atoms with Crippen molar-refractivity contribution in [2.45, 2.75) is 36.6 Å². The summed E-state index contributed by atoms with van der Waals surface area (Å²) >= 11 is 1.81. The van der Waals surface area contributed by atoms with E-state index in [2.05, 4.69) is 30.4 Å². The predicted octanol–water partition coefficient (Wildman–Crippen LogP) is 2.39. The number of aliphatic carboxylic acids is 1. The molecule has 0 amide bonds. The van der Waals surface area contributed by atoms with Crippen LogP contribution in [-0.4, -0.2) is 28.1 Å². The molecule has 2 aliphatic rings. The summed E-state index contributed by atoms with van der Waals surface area (Å²) in [5.74, 6) is 0.501. The smallest absolute Gasteiger partial charge is 0.321 e. The van der Waals surface area contributed by atoms with Crippen LogP contribution in [0.3, 0.4) is 0 Å². The molecule has 4 atom stereocenters. The van der Waals surface area contributed by atoms with Gasteiger partial charge in [-0.2, -0.15) is 11.8 Å². The highest BCUT2D eigenvalue weighted by molar-refractivity contribution is 8.00. The fourth-order valence-corrected chi connectivity index (χ4v) is 4.56. The summed E-state index contributed by atoms with van der Waals surface area (Å²) in [6.07, 6.45) is 1.13. The van der Waals surface area contributed by atoms with Crippen molar-refractivity contribution in [2.24, 2.45) is 0 Å². The molecule has 1 heterocycles. The van der Waals surface area contributed by atoms with Crippen molar-refractivity contribution in [3.05, 3.63) is 35.4 Å². The standard InChI is InChI=1S/C14H17NO2S/c1-8-6-12-13(10-5-3-2-4-9(8)10)15-11(7-18-12)14(16)17/h2-5,8,11-13,15H,6-7H2,1H3,(H,16,17). The highest BCUT2D eigenvalue weighted by Gasteiger charge is 2.39. The molecule has 1 aromatic carbocycles. The molecule has 2 N–H and O–H groups in total. The quantitative estimate of drug-likeness (QED) is 0.817. The first-order chi connectivity index (χ1) is 8.66. The van der Waals surface area contributed by atoms with E-state index in [0.717, 1.165) is 6.42 Å². The molecular formula is C14H17NO2S. The number of rotatable bonds is 1. The zero-order chi connectivity index (χ0) is 12.7. The molecule has 4 unspecified atom stereocenters. The highest BCUT2D eigenvalue weighted by atomic mass is 32.2. The van der Waals surface area contributed by atoms with E-state index in [9.17, 15) is 4.79 Å². The Kier molecular flexibility index (Phi) is 3.08. The zero-order valence-corrected chi connectivity index (χ0v) is 11.1. The lowest BCUT2D eigenvalue weighted by Crippen LogP contribution is -2.50. The van der Waals surface area contributed by atoms with Crippen LogP contribution in [-0.2, 0) is 4.79 Å². The normalized spacial score (nSPS) is 34.5. The summed E-state index contributed by atoms with van der Waals surface area (Å²) in [6.45, 7) is 2.26. The monoisotopic (exact) mass is 263 g/mol. The number of thioether (sulfide) groups is 1. The molecule has 3 rings (SSSR count). The van der Waals surface area contributed by atoms with Gasteiger partial charge in [0.2, 0.25) is 0 Å². The van der Waals surface area contributed by atoms with Gasteiger partial charge in [0.25, 0.3) is 0 Å². The van der Waals surface area contributed by atoms with Gasteiger partial charge in [0, 0.05) is 17.0 Å². The third-order valence-corrected chi connectivity index (χ3v) is 5.39. The molecule has 0 bridgehead atoms. The summed E-state index contributed by atoms with van der Waals surface area (Å²) in [7, 11) is 0. The zero-order valence-electron chi connectivity index (χ0n) is 10.3. The molecule has 0 saturated carbocycles. The first-order valence-electron chi connectivity index (χ1n) is 6.36. The van der Waals surface area contributed by atoms with Gasteiger partial charge in [0.15, 0.2) is 0 Å². The van der Waals surface area contributed by atoms with Gasteiger partial charge in [-0.05, 0) is 23.5 Å². The fraction of sp³-hybridized carbons (Fsp3) is 0.500. The Balaban J connectivity index is 1.95. The first-order valence-corrected chi connectivity index (χ1v) is 7.41. The van der Waals surface area contributed by atoms with Gasteiger partial charge < -0.3 is 5.11 Å². The third-order valence-electron chi connectivity index (χ3n) is 3.98. The predicted molar refractivity (Wildman–Crippen MR) is 73.0 cm³/mol. The number of carboxylic acid groups (broad SMARTS) is 1. The second kappa shape index (κ2) is 4.59. The lowest BCUT2D eigenvalue weighted by Gasteiger charge is -2.42. The van der Waals surface area contributed by atoms with Crippen LogP contribution in [0.2, 0.25) is 0 Å². The van der Waals surface area contributed by atoms with Gasteiger partial charge in [-0.3, -0.25) is 10.1 Å². The maximum Gasteiger partial charge on any atom is 0.321 e. The van der Waals surface area contributed by atoms with Crippen molar-refractivity contribution in [3.8, 4) is 0 Å². The summed E-state index contributed by atoms with van der Waals surface area (Å²) in [6, 6.07) is 8.20. The molecular weight excluding hydrogens is 246 g/mol. The molecule has 4 heteroatoms. The molecule has 0 spiro atoms. The van der Waals surface area contributed by atoms with E-state index in [1.54, 1.807) is 0 Å². The fourth-order valence-electron chi connectivity index (χ4n) is 3.04. The van der Waals surface area contributed by atoms with Crippen LogP contribution in [0.1, 0.15) is 36.4 Å². The van der Waals surface area contributed by atoms with Crippen LogP contribution in [0, 0.1) is 0 Å². The van der Waals surface area contributed by atoms with Crippen LogP contribution in [0.15, 0.2) is 24.3 Å². The summed E-state index contributed by atoms with van der Waals surface area (Å²) in [5.41, 5.74) is 2.66. The van der Waals surface area contributed by atoms with E-state index in [1.165, 1.54) is 11.1 Å². The molecule has 1 aromatic rings. The van der Waals surface area contributed by atoms with Crippen LogP contribution < -0.4 is 5.32 Å². The Morgan fingerprint density at radius 1 is 1.39 bits per heavy atom. The van der Waals surface area contributed by atoms with Gasteiger partial charge in [0.05, 0.1) is 0 Å². The van der Waals surface area contributed by atoms with Gasteiger partial charge in [-0.15, -0.1) is 0 Å². The second-order valence-corrected chi connectivity index (χ2v) is 6.44. The van der Waals surface area contributed by atoms with Crippen LogP contribution in [0.4, 0.5) is 0 Å². The molecule has 1 aliphatic heterocycles. The number of fused-ring (bicyclic) bond motifs is 3. The largest absolute Gasteiger partial charge is 0.480 e. The Labute approximate surface area is 111 Å². The number of carboxylic acids is 1. The molecule has 96 valence electrons. The Morgan fingerprint density at radius 3 is 2.83 bits per heavy atom. The molecule has 0 aromatic heterocycles. The number of hydrogen-bond acceptors (Lipinski definition) is 3. The van der Waals surface area contributed by atoms with Crippen LogP contribution >= 0.6 is 11.8 Å². The average Bonchev–Trinajstić information content (AvgIpc) is 2.38. The Hall–Kier alpha value is -1.00. The molecule has 1 saturated heterocycles. The maximum atomic E-state index is 11.1. The van der Waals surface area contributed by atoms with Crippen molar-refractivity contribution in [2.75, 3.05) is 5.75 Å². The van der Waals surface area contributed by atoms with Crippen molar-refractivity contribution in [1.29, 1.82) is 0 Å². The van der Waals surface area contributed by atoms with E-state index in [0.29, 0.717) is 16.9 Å². The topological polar surface area (TPSA) is 49.3 Å². The van der Waals surface area contributed by atoms with Gasteiger partial charge in [0.1, 0.15) is 6.04 Å². The number of nitrogens with one attached hydrogen (secondary N) is 1. The SMILES string of the molecule is CC1CC2SCC(C(=O)O)NC2c2ccccc21. The summed E-state index contributed by atoms with van der Waals surface area (Å²) < 4.78 is 0. The van der Waals surface area contributed by atoms with Gasteiger partial charge in [-0.1, -0.05) is 31.2 Å². The lowest BCUT2D eigenvalue weighted by molar-refractivity contribution is -0.139. The Morgan fingerprint density at radius 2 is 2.11 bits per heavy atom. The molecule has 1 aliphatic carbocycles. The molecule has 3 nitrogen and oxygen atoms in total. The third kappa shape index (κ3) is 1.93. The molecule has 18 heavy (non-hydrogen) atoms. The maximum absolute atomic E-state index is 11.1. The van der Waals surface area contributed by atoms with Crippen molar-refractivity contribution in [1.82, 2.24) is 5.32 Å². The number of hydrogen-bond donors (Lipinski definition) is 2. The van der Waals surface area contributed by atoms with Crippen molar-refractivity contribution < 1.29 is 9.90 Å². The molecule has 1 fully saturated rings. The Bertz CT molecular complexity index is 477. The van der Waals surface area contributed by atoms with Crippen LogP contribution in [0.25, 0.3) is 0 Å². The number of benzene rings is 1. The highest BCUT2D eigenvalue weighted by Crippen LogP contribution is 2.44.